The summed E-state index contributed by atoms with van der Waals surface area (Å²) in [5.41, 5.74) is 9.79. The molecule has 0 rings (SSSR count). The topological polar surface area (TPSA) is 320 Å². The van der Waals surface area contributed by atoms with E-state index in [4.69, 9.17) is 20.9 Å². The largest absolute Gasteiger partial charge is 0.372 e. The molecule has 0 aliphatic rings. The van der Waals surface area contributed by atoms with Crippen LogP contribution in [-0.2, 0) is 52.6 Å². The molecule has 0 saturated heterocycles. The molecule has 0 saturated carbocycles. The summed E-state index contributed by atoms with van der Waals surface area (Å²) < 4.78 is 10.2. The second kappa shape index (κ2) is 34.0. The number of rotatable bonds is 37. The Kier molecular flexibility index (Phi) is 31.3. The van der Waals surface area contributed by atoms with Gasteiger partial charge in [-0.05, 0) is 104 Å². The van der Waals surface area contributed by atoms with E-state index in [-0.39, 0.29) is 76.8 Å². The lowest BCUT2D eigenvalue weighted by Crippen LogP contribution is -2.60. The van der Waals surface area contributed by atoms with Gasteiger partial charge in [0.15, 0.2) is 6.29 Å². The van der Waals surface area contributed by atoms with Gasteiger partial charge in [-0.1, -0.05) is 6.92 Å². The van der Waals surface area contributed by atoms with Crippen molar-refractivity contribution in [3.63, 3.8) is 0 Å². The number of amides is 8. The van der Waals surface area contributed by atoms with E-state index < -0.39 is 59.2 Å². The molecule has 0 bridgehead atoms. The van der Waals surface area contributed by atoms with Crippen molar-refractivity contribution in [1.82, 2.24) is 42.5 Å². The maximum absolute atomic E-state index is 13.7. The van der Waals surface area contributed by atoms with Crippen LogP contribution in [0, 0.1) is 0 Å². The summed E-state index contributed by atoms with van der Waals surface area (Å²) in [5, 5.41) is 21.8. The lowest BCUT2D eigenvalue weighted by molar-refractivity contribution is -0.133. The fraction of sp³-hybridized carbons (Fsp3) is 0.769. The van der Waals surface area contributed by atoms with Crippen LogP contribution in [0.25, 0.3) is 0 Å². The summed E-state index contributed by atoms with van der Waals surface area (Å²) in [5.74, 6) is -3.86. The highest BCUT2D eigenvalue weighted by Crippen LogP contribution is 2.12. The van der Waals surface area contributed by atoms with Crippen molar-refractivity contribution in [3.8, 4) is 0 Å². The number of nitrogens with one attached hydrogen (secondary N) is 8. The Balaban J connectivity index is 5.65. The van der Waals surface area contributed by atoms with Crippen LogP contribution in [0.2, 0.25) is 0 Å². The van der Waals surface area contributed by atoms with E-state index in [1.165, 1.54) is 6.92 Å². The first kappa shape index (κ1) is 55.3. The van der Waals surface area contributed by atoms with Crippen LogP contribution < -0.4 is 54.0 Å². The van der Waals surface area contributed by atoms with Crippen molar-refractivity contribution in [1.29, 1.82) is 0 Å². The number of ether oxygens (including phenoxy) is 2. The third-order valence-corrected chi connectivity index (χ3v) is 9.01. The molecule has 0 radical (unpaired) electrons. The fourth-order valence-corrected chi connectivity index (χ4v) is 5.82. The molecule has 12 N–H and O–H groups in total. The molecule has 0 aromatic carbocycles. The highest BCUT2D eigenvalue weighted by atomic mass is 16.5. The number of hydrogen-bond acceptors (Lipinski definition) is 13. The Bertz CT molecular complexity index is 1340. The van der Waals surface area contributed by atoms with Gasteiger partial charge in [-0.25, -0.2) is 0 Å². The minimum atomic E-state index is -1.38. The number of hydrogen-bond donors (Lipinski definition) is 10. The van der Waals surface area contributed by atoms with E-state index >= 15 is 0 Å². The minimum Gasteiger partial charge on any atom is -0.372 e. The molecule has 0 aromatic heterocycles. The number of primary amides is 1. The number of aldehydes is 1. The lowest BCUT2D eigenvalue weighted by Gasteiger charge is -2.30. The van der Waals surface area contributed by atoms with E-state index in [1.54, 1.807) is 20.8 Å². The van der Waals surface area contributed by atoms with Gasteiger partial charge >= 0.3 is 0 Å². The minimum absolute atomic E-state index is 0.0471. The number of nitrogens with two attached hydrogens (primary N) is 2. The Morgan fingerprint density at radius 3 is 1.63 bits per heavy atom. The maximum Gasteiger partial charge on any atom is 0.246 e. The Morgan fingerprint density at radius 1 is 0.617 bits per heavy atom. The van der Waals surface area contributed by atoms with Gasteiger partial charge in [-0.2, -0.15) is 0 Å². The van der Waals surface area contributed by atoms with E-state index in [0.29, 0.717) is 83.9 Å². The van der Waals surface area contributed by atoms with Gasteiger partial charge in [0, 0.05) is 39.6 Å². The zero-order valence-corrected chi connectivity index (χ0v) is 36.0. The molecule has 4 atom stereocenters. The quantitative estimate of drug-likeness (QED) is 0.0184. The summed E-state index contributed by atoms with van der Waals surface area (Å²) in [6.45, 7) is 7.96. The molecule has 4 unspecified atom stereocenters. The van der Waals surface area contributed by atoms with Crippen molar-refractivity contribution >= 4 is 53.5 Å². The molecule has 21 nitrogen and oxygen atoms in total. The van der Waals surface area contributed by atoms with Crippen molar-refractivity contribution in [3.05, 3.63) is 0 Å². The standard InChI is InChI=1S/C39H72N10O11/c1-5-32(52)46-30(17-9-13-21-43-35(55)26-60-25-33(53)42-6-2)37(57)48-31(38(58)47-29(36(41)56)16-8-12-20-40)18-10-14-23-45-39(27-50,49-28(4)51)19-11-15-22-44-34(54)24-59-7-3/h27,29-31,45H,5-26,40H2,1-4H3,(H2,41,56)(H,42,53)(H,43,55)(H,44,54)(H,46,52)(H,47,58)(H,48,57)(H,49,51). The van der Waals surface area contributed by atoms with Gasteiger partial charge < -0.3 is 58.2 Å². The molecule has 21 heteroatoms. The maximum atomic E-state index is 13.7. The van der Waals surface area contributed by atoms with Crippen LogP contribution in [-0.4, -0.2) is 136 Å². The van der Waals surface area contributed by atoms with Crippen LogP contribution in [0.3, 0.4) is 0 Å². The van der Waals surface area contributed by atoms with Crippen molar-refractivity contribution in [2.24, 2.45) is 11.5 Å². The monoisotopic (exact) mass is 857 g/mol. The summed E-state index contributed by atoms with van der Waals surface area (Å²) in [4.78, 5) is 112. The first-order valence-corrected chi connectivity index (χ1v) is 21.0. The molecule has 60 heavy (non-hydrogen) atoms. The summed E-state index contributed by atoms with van der Waals surface area (Å²) in [7, 11) is 0. The smallest absolute Gasteiger partial charge is 0.246 e. The molecule has 0 spiro atoms. The first-order chi connectivity index (χ1) is 28.7. The zero-order chi connectivity index (χ0) is 45.2. The zero-order valence-electron chi connectivity index (χ0n) is 36.0. The molecule has 0 aromatic rings. The molecule has 0 aliphatic carbocycles. The third kappa shape index (κ3) is 27.1. The van der Waals surface area contributed by atoms with Gasteiger partial charge in [-0.15, -0.1) is 0 Å². The molecule has 8 amide bonds. The van der Waals surface area contributed by atoms with E-state index in [9.17, 15) is 43.2 Å². The average Bonchev–Trinajstić information content (AvgIpc) is 3.20. The molecular weight excluding hydrogens is 784 g/mol. The Morgan fingerprint density at radius 2 is 1.12 bits per heavy atom. The summed E-state index contributed by atoms with van der Waals surface area (Å²) >= 11 is 0. The summed E-state index contributed by atoms with van der Waals surface area (Å²) in [6, 6.07) is -3.18. The molecule has 344 valence electrons. The summed E-state index contributed by atoms with van der Waals surface area (Å²) in [6.07, 6.45) is 5.24. The van der Waals surface area contributed by atoms with Crippen LogP contribution in [0.5, 0.6) is 0 Å². The predicted molar refractivity (Wildman–Crippen MR) is 222 cm³/mol. The first-order valence-electron chi connectivity index (χ1n) is 21.0. The van der Waals surface area contributed by atoms with E-state index in [2.05, 4.69) is 42.5 Å². The number of unbranched alkanes of at least 4 members (excludes halogenated alkanes) is 4. The van der Waals surface area contributed by atoms with Crippen molar-refractivity contribution in [2.75, 3.05) is 59.2 Å². The predicted octanol–water partition coefficient (Wildman–Crippen LogP) is -1.98. The number of carbonyl (C=O) groups is 9. The SMILES string of the molecule is CCNC(=O)COCC(=O)NCCCCC(NC(=O)CC)C(=O)NC(CCCCNC(C=O)(CCCCNC(=O)COCC)NC(C)=O)C(=O)NC(CCCCN)C(N)=O. The van der Waals surface area contributed by atoms with Gasteiger partial charge in [0.1, 0.15) is 43.6 Å². The van der Waals surface area contributed by atoms with Crippen molar-refractivity contribution in [2.45, 2.75) is 135 Å². The molecular formula is C39H72N10O11. The van der Waals surface area contributed by atoms with Crippen LogP contribution in [0.4, 0.5) is 0 Å². The third-order valence-electron chi connectivity index (χ3n) is 9.01. The van der Waals surface area contributed by atoms with E-state index in [1.807, 2.05) is 0 Å². The van der Waals surface area contributed by atoms with Crippen LogP contribution in [0.1, 0.15) is 111 Å². The van der Waals surface area contributed by atoms with Gasteiger partial charge in [0.2, 0.25) is 47.3 Å². The Labute approximate surface area is 353 Å². The fourth-order valence-electron chi connectivity index (χ4n) is 5.82. The van der Waals surface area contributed by atoms with Gasteiger partial charge in [-0.3, -0.25) is 48.5 Å². The van der Waals surface area contributed by atoms with Gasteiger partial charge in [0.05, 0.1) is 0 Å². The highest BCUT2D eigenvalue weighted by Gasteiger charge is 2.31. The Hall–Kier alpha value is -4.73. The number of carbonyl (C=O) groups excluding carboxylic acids is 9. The highest BCUT2D eigenvalue weighted by molar-refractivity contribution is 5.94. The molecule has 0 fully saturated rings. The lowest BCUT2D eigenvalue weighted by atomic mass is 10.0. The average molecular weight is 857 g/mol. The second-order valence-electron chi connectivity index (χ2n) is 14.2. The molecule has 0 heterocycles. The normalized spacial score (nSPS) is 13.3. The van der Waals surface area contributed by atoms with Crippen LogP contribution in [0.15, 0.2) is 0 Å². The van der Waals surface area contributed by atoms with Crippen molar-refractivity contribution < 1.29 is 52.6 Å². The molecule has 0 aliphatic heterocycles. The van der Waals surface area contributed by atoms with Crippen LogP contribution >= 0.6 is 0 Å². The van der Waals surface area contributed by atoms with Gasteiger partial charge in [0.25, 0.3) is 0 Å². The second-order valence-corrected chi connectivity index (χ2v) is 14.2. The van der Waals surface area contributed by atoms with E-state index in [0.717, 1.165) is 0 Å². The number of likely N-dealkylation sites (N-methyl/N-ethyl adjacent to an activating group) is 1.